The Labute approximate surface area is 140 Å². The number of amides is 2. The Bertz CT molecular complexity index is 608. The molecule has 1 heterocycles. The number of nitrogens with one attached hydrogen (secondary N) is 1. The largest absolute Gasteiger partial charge is 0.396 e. The number of halogens is 1. The average molecular weight is 338 g/mol. The monoisotopic (exact) mass is 338 g/mol. The van der Waals surface area contributed by atoms with E-state index in [-0.39, 0.29) is 42.6 Å². The van der Waals surface area contributed by atoms with Gasteiger partial charge in [-0.15, -0.1) is 0 Å². The van der Waals surface area contributed by atoms with Gasteiger partial charge in [0, 0.05) is 44.3 Å². The Morgan fingerprint density at radius 1 is 1.46 bits per heavy atom. The van der Waals surface area contributed by atoms with Crippen LogP contribution in [0.3, 0.4) is 0 Å². The number of carbonyl (C=O) groups is 2. The molecule has 0 spiro atoms. The highest BCUT2D eigenvalue weighted by atomic mass is 19.1. The zero-order valence-electron chi connectivity index (χ0n) is 13.9. The lowest BCUT2D eigenvalue weighted by atomic mass is 9.92. The molecule has 132 valence electrons. The second kappa shape index (κ2) is 8.21. The van der Waals surface area contributed by atoms with Crippen molar-refractivity contribution in [3.63, 3.8) is 0 Å². The van der Waals surface area contributed by atoms with E-state index in [4.69, 9.17) is 4.74 Å². The maximum Gasteiger partial charge on any atom is 0.253 e. The molecule has 1 aliphatic rings. The predicted molar refractivity (Wildman–Crippen MR) is 86.0 cm³/mol. The van der Waals surface area contributed by atoms with Crippen molar-refractivity contribution in [2.75, 3.05) is 33.4 Å². The maximum atomic E-state index is 13.7. The molecule has 0 aliphatic carbocycles. The molecule has 24 heavy (non-hydrogen) atoms. The maximum absolute atomic E-state index is 13.7. The number of hydrogen-bond acceptors (Lipinski definition) is 4. The number of rotatable bonds is 5. The quantitative estimate of drug-likeness (QED) is 0.829. The van der Waals surface area contributed by atoms with Gasteiger partial charge in [0.2, 0.25) is 5.91 Å². The Hall–Kier alpha value is -1.99. The van der Waals surface area contributed by atoms with Crippen LogP contribution in [0.1, 0.15) is 22.3 Å². The molecule has 2 N–H and O–H groups in total. The molecule has 6 nitrogen and oxygen atoms in total. The van der Waals surface area contributed by atoms with E-state index in [0.29, 0.717) is 25.1 Å². The van der Waals surface area contributed by atoms with E-state index in [1.807, 2.05) is 0 Å². The minimum Gasteiger partial charge on any atom is -0.396 e. The lowest BCUT2D eigenvalue weighted by molar-refractivity contribution is -0.126. The summed E-state index contributed by atoms with van der Waals surface area (Å²) < 4.78 is 18.4. The number of methoxy groups -OCH3 is 1. The summed E-state index contributed by atoms with van der Waals surface area (Å²) >= 11 is 0. The van der Waals surface area contributed by atoms with Crippen molar-refractivity contribution in [2.24, 2.45) is 5.92 Å². The number of benzene rings is 1. The number of aliphatic hydroxyl groups excluding tert-OH is 1. The first-order chi connectivity index (χ1) is 11.5. The molecule has 0 bridgehead atoms. The molecule has 2 amide bonds. The van der Waals surface area contributed by atoms with Crippen LogP contribution in [0.5, 0.6) is 0 Å². The molecule has 0 radical (unpaired) electrons. The molecular formula is C17H23FN2O4. The van der Waals surface area contributed by atoms with Crippen molar-refractivity contribution in [2.45, 2.75) is 19.4 Å². The van der Waals surface area contributed by atoms with Gasteiger partial charge in [-0.2, -0.15) is 0 Å². The number of nitrogens with zero attached hydrogens (tertiary/aromatic N) is 1. The topological polar surface area (TPSA) is 78.9 Å². The number of piperidine rings is 1. The van der Waals surface area contributed by atoms with Gasteiger partial charge < -0.3 is 20.1 Å². The predicted octanol–water partition coefficient (Wildman–Crippen LogP) is 0.720. The third kappa shape index (κ3) is 4.30. The van der Waals surface area contributed by atoms with E-state index in [9.17, 15) is 19.1 Å². The van der Waals surface area contributed by atoms with Gasteiger partial charge in [-0.1, -0.05) is 6.07 Å². The van der Waals surface area contributed by atoms with Crippen LogP contribution in [0.2, 0.25) is 0 Å². The van der Waals surface area contributed by atoms with Gasteiger partial charge in [0.1, 0.15) is 12.4 Å². The summed E-state index contributed by atoms with van der Waals surface area (Å²) in [7, 11) is 1.44. The van der Waals surface area contributed by atoms with Crippen molar-refractivity contribution < 1.29 is 23.8 Å². The standard InChI is InChI=1S/C17H23FN2O4/c1-11-3-4-12(7-14(11)18)17(23)20-6-5-15(13(8-20)9-21)19-16(22)10-24-2/h3-4,7,13,15,21H,5-6,8-10H2,1-2H3,(H,19,22)/t13-,15-/m1/s1. The van der Waals surface area contributed by atoms with Gasteiger partial charge >= 0.3 is 0 Å². The fraction of sp³-hybridized carbons (Fsp3) is 0.529. The number of likely N-dealkylation sites (tertiary alicyclic amines) is 1. The normalized spacial score (nSPS) is 20.8. The summed E-state index contributed by atoms with van der Waals surface area (Å²) in [6, 6.07) is 4.19. The highest BCUT2D eigenvalue weighted by Crippen LogP contribution is 2.20. The minimum atomic E-state index is -0.415. The molecule has 1 fully saturated rings. The third-order valence-electron chi connectivity index (χ3n) is 4.30. The highest BCUT2D eigenvalue weighted by molar-refractivity contribution is 5.94. The number of aryl methyl sites for hydroxylation is 1. The minimum absolute atomic E-state index is 0.0417. The fourth-order valence-electron chi connectivity index (χ4n) is 2.88. The molecule has 0 aromatic heterocycles. The smallest absolute Gasteiger partial charge is 0.253 e. The first kappa shape index (κ1) is 18.4. The van der Waals surface area contributed by atoms with Gasteiger partial charge in [-0.25, -0.2) is 4.39 Å². The zero-order valence-corrected chi connectivity index (χ0v) is 13.9. The number of aliphatic hydroxyl groups is 1. The Morgan fingerprint density at radius 3 is 2.83 bits per heavy atom. The lowest BCUT2D eigenvalue weighted by Crippen LogP contribution is -2.54. The SMILES string of the molecule is COCC(=O)N[C@@H]1CCN(C(=O)c2ccc(C)c(F)c2)C[C@@H]1CO. The molecule has 1 saturated heterocycles. The lowest BCUT2D eigenvalue weighted by Gasteiger charge is -2.38. The van der Waals surface area contributed by atoms with Gasteiger partial charge in [0.05, 0.1) is 0 Å². The summed E-state index contributed by atoms with van der Waals surface area (Å²) in [4.78, 5) is 25.8. The number of ether oxygens (including phenoxy) is 1. The van der Waals surface area contributed by atoms with E-state index in [2.05, 4.69) is 5.32 Å². The highest BCUT2D eigenvalue weighted by Gasteiger charge is 2.32. The Kier molecular flexibility index (Phi) is 6.28. The second-order valence-electron chi connectivity index (χ2n) is 6.05. The zero-order chi connectivity index (χ0) is 17.7. The molecule has 1 aromatic rings. The van der Waals surface area contributed by atoms with Crippen molar-refractivity contribution in [3.05, 3.63) is 35.1 Å². The summed E-state index contributed by atoms with van der Waals surface area (Å²) in [5.74, 6) is -1.20. The third-order valence-corrected chi connectivity index (χ3v) is 4.30. The van der Waals surface area contributed by atoms with Crippen molar-refractivity contribution in [3.8, 4) is 0 Å². The summed E-state index contributed by atoms with van der Waals surface area (Å²) in [6.45, 7) is 2.19. The molecule has 7 heteroatoms. The van der Waals surface area contributed by atoms with Crippen LogP contribution in [0.4, 0.5) is 4.39 Å². The van der Waals surface area contributed by atoms with Crippen LogP contribution in [0, 0.1) is 18.7 Å². The Balaban J connectivity index is 2.02. The molecule has 2 atom stereocenters. The first-order valence-electron chi connectivity index (χ1n) is 7.90. The van der Waals surface area contributed by atoms with E-state index >= 15 is 0 Å². The van der Waals surface area contributed by atoms with Crippen LogP contribution >= 0.6 is 0 Å². The van der Waals surface area contributed by atoms with Crippen LogP contribution in [-0.2, 0) is 9.53 Å². The number of hydrogen-bond donors (Lipinski definition) is 2. The van der Waals surface area contributed by atoms with Crippen LogP contribution in [-0.4, -0.2) is 61.3 Å². The molecule has 0 unspecified atom stereocenters. The summed E-state index contributed by atoms with van der Waals surface area (Å²) in [5.41, 5.74) is 0.774. The fourth-order valence-corrected chi connectivity index (χ4v) is 2.88. The van der Waals surface area contributed by atoms with Gasteiger partial charge in [-0.3, -0.25) is 9.59 Å². The van der Waals surface area contributed by atoms with Crippen molar-refractivity contribution in [1.82, 2.24) is 10.2 Å². The molecular weight excluding hydrogens is 315 g/mol. The molecule has 2 rings (SSSR count). The van der Waals surface area contributed by atoms with Crippen LogP contribution in [0.15, 0.2) is 18.2 Å². The van der Waals surface area contributed by atoms with Gasteiger partial charge in [0.25, 0.3) is 5.91 Å². The van der Waals surface area contributed by atoms with E-state index < -0.39 is 5.82 Å². The second-order valence-corrected chi connectivity index (χ2v) is 6.05. The molecule has 1 aromatic carbocycles. The summed E-state index contributed by atoms with van der Waals surface area (Å²) in [6.07, 6.45) is 0.529. The first-order valence-corrected chi connectivity index (χ1v) is 7.90. The van der Waals surface area contributed by atoms with E-state index in [0.717, 1.165) is 0 Å². The molecule has 1 aliphatic heterocycles. The Morgan fingerprint density at radius 2 is 2.21 bits per heavy atom. The van der Waals surface area contributed by atoms with Crippen molar-refractivity contribution in [1.29, 1.82) is 0 Å². The van der Waals surface area contributed by atoms with E-state index in [1.54, 1.807) is 24.0 Å². The van der Waals surface area contributed by atoms with Gasteiger partial charge in [-0.05, 0) is 31.0 Å². The summed E-state index contributed by atoms with van der Waals surface area (Å²) in [5, 5.41) is 12.4. The van der Waals surface area contributed by atoms with Crippen molar-refractivity contribution >= 4 is 11.8 Å². The van der Waals surface area contributed by atoms with Gasteiger partial charge in [0.15, 0.2) is 0 Å². The van der Waals surface area contributed by atoms with E-state index in [1.165, 1.54) is 13.2 Å². The number of carbonyl (C=O) groups excluding carboxylic acids is 2. The van der Waals surface area contributed by atoms with Crippen LogP contribution in [0.25, 0.3) is 0 Å². The molecule has 0 saturated carbocycles. The van der Waals surface area contributed by atoms with Crippen LogP contribution < -0.4 is 5.32 Å². The average Bonchev–Trinajstić information content (AvgIpc) is 2.57.